The number of nitrogens with zero attached hydrogens (tertiary/aromatic N) is 2. The van der Waals surface area contributed by atoms with Gasteiger partial charge in [0.2, 0.25) is 5.78 Å². The molecule has 0 atom stereocenters. The quantitative estimate of drug-likeness (QED) is 0.226. The van der Waals surface area contributed by atoms with E-state index in [1.807, 2.05) is 0 Å². The summed E-state index contributed by atoms with van der Waals surface area (Å²) in [4.78, 5) is 44.6. The molecule has 0 amide bonds. The van der Waals surface area contributed by atoms with Crippen LogP contribution >= 0.6 is 0 Å². The first-order chi connectivity index (χ1) is 14.8. The molecule has 156 valence electrons. The number of rotatable bonds is 8. The number of carbonyl (C=O) groups excluding carboxylic acids is 2. The first-order valence-corrected chi connectivity index (χ1v) is 8.80. The lowest BCUT2D eigenvalue weighted by molar-refractivity contribution is -0.385. The van der Waals surface area contributed by atoms with Gasteiger partial charge in [0.15, 0.2) is 6.61 Å². The molecule has 0 fully saturated rings. The van der Waals surface area contributed by atoms with Gasteiger partial charge in [-0.3, -0.25) is 25.0 Å². The van der Waals surface area contributed by atoms with E-state index < -0.39 is 28.2 Å². The van der Waals surface area contributed by atoms with E-state index in [1.165, 1.54) is 66.7 Å². The molecule has 0 aliphatic heterocycles. The number of ether oxygens (including phenoxy) is 2. The van der Waals surface area contributed by atoms with Crippen molar-refractivity contribution in [2.45, 2.75) is 0 Å². The van der Waals surface area contributed by atoms with E-state index in [0.717, 1.165) is 6.07 Å². The molecule has 0 bridgehead atoms. The van der Waals surface area contributed by atoms with Gasteiger partial charge < -0.3 is 9.47 Å². The van der Waals surface area contributed by atoms with E-state index in [0.29, 0.717) is 11.5 Å². The Labute approximate surface area is 174 Å². The summed E-state index contributed by atoms with van der Waals surface area (Å²) in [5.74, 6) is -0.558. The van der Waals surface area contributed by atoms with Gasteiger partial charge in [-0.05, 0) is 36.4 Å². The minimum atomic E-state index is -0.749. The molecule has 0 aliphatic rings. The van der Waals surface area contributed by atoms with E-state index in [2.05, 4.69) is 0 Å². The number of benzene rings is 3. The van der Waals surface area contributed by atoms with Crippen molar-refractivity contribution in [3.63, 3.8) is 0 Å². The van der Waals surface area contributed by atoms with Crippen LogP contribution in [-0.4, -0.2) is 28.2 Å². The van der Waals surface area contributed by atoms with Crippen LogP contribution in [0.4, 0.5) is 11.4 Å². The Hall–Kier alpha value is -4.60. The monoisotopic (exact) mass is 422 g/mol. The molecule has 3 aromatic carbocycles. The van der Waals surface area contributed by atoms with Crippen LogP contribution in [0.25, 0.3) is 0 Å². The Morgan fingerprint density at radius 2 is 1.32 bits per heavy atom. The summed E-state index contributed by atoms with van der Waals surface area (Å²) in [7, 11) is 0. The third-order valence-electron chi connectivity index (χ3n) is 4.09. The summed E-state index contributed by atoms with van der Waals surface area (Å²) in [5, 5.41) is 21.4. The van der Waals surface area contributed by atoms with Gasteiger partial charge in [0.05, 0.1) is 15.4 Å². The second-order valence-electron chi connectivity index (χ2n) is 6.18. The maximum absolute atomic E-state index is 12.1. The third kappa shape index (κ3) is 5.48. The lowest BCUT2D eigenvalue weighted by Crippen LogP contribution is -2.14. The molecule has 0 aliphatic carbocycles. The third-order valence-corrected chi connectivity index (χ3v) is 4.09. The van der Waals surface area contributed by atoms with Gasteiger partial charge in [0, 0.05) is 29.8 Å². The van der Waals surface area contributed by atoms with Crippen molar-refractivity contribution in [2.75, 3.05) is 6.61 Å². The largest absolute Gasteiger partial charge is 0.457 e. The van der Waals surface area contributed by atoms with Crippen LogP contribution in [0.15, 0.2) is 72.8 Å². The molecule has 0 aromatic heterocycles. The lowest BCUT2D eigenvalue weighted by Gasteiger charge is -2.07. The normalized spacial score (nSPS) is 10.2. The predicted octanol–water partition coefficient (Wildman–Crippen LogP) is 4.34. The van der Waals surface area contributed by atoms with Crippen LogP contribution < -0.4 is 4.74 Å². The maximum atomic E-state index is 12.1. The topological polar surface area (TPSA) is 139 Å². The van der Waals surface area contributed by atoms with E-state index in [1.54, 1.807) is 0 Å². The Morgan fingerprint density at radius 1 is 0.742 bits per heavy atom. The van der Waals surface area contributed by atoms with Crippen LogP contribution in [0.3, 0.4) is 0 Å². The lowest BCUT2D eigenvalue weighted by atomic mass is 10.1. The number of nitro groups is 2. The highest BCUT2D eigenvalue weighted by Crippen LogP contribution is 2.24. The molecule has 3 rings (SSSR count). The fourth-order valence-electron chi connectivity index (χ4n) is 2.52. The van der Waals surface area contributed by atoms with E-state index in [-0.39, 0.29) is 22.5 Å². The molecule has 0 heterocycles. The average Bonchev–Trinajstić information content (AvgIpc) is 2.78. The number of hydrogen-bond donors (Lipinski definition) is 0. The zero-order valence-corrected chi connectivity index (χ0v) is 15.8. The Bertz CT molecular complexity index is 1140. The molecular weight excluding hydrogens is 408 g/mol. The predicted molar refractivity (Wildman–Crippen MR) is 107 cm³/mol. The van der Waals surface area contributed by atoms with E-state index in [4.69, 9.17) is 9.47 Å². The highest BCUT2D eigenvalue weighted by Gasteiger charge is 2.15. The van der Waals surface area contributed by atoms with Crippen molar-refractivity contribution < 1.29 is 28.9 Å². The van der Waals surface area contributed by atoms with Crippen molar-refractivity contribution in [3.8, 4) is 11.5 Å². The van der Waals surface area contributed by atoms with Gasteiger partial charge in [-0.2, -0.15) is 0 Å². The minimum Gasteiger partial charge on any atom is -0.457 e. The standard InChI is InChI=1S/C21H14N2O8/c24-20(15-2-1-3-17(12-15)23(28)29)13-30-21(25)14-4-8-18(9-5-14)31-19-10-6-16(7-11-19)22(26)27/h1-12H,13H2. The first-order valence-electron chi connectivity index (χ1n) is 8.80. The zero-order chi connectivity index (χ0) is 22.4. The number of nitro benzene ring substituents is 2. The van der Waals surface area contributed by atoms with Gasteiger partial charge in [-0.25, -0.2) is 4.79 Å². The molecular formula is C21H14N2O8. The summed E-state index contributed by atoms with van der Waals surface area (Å²) >= 11 is 0. The van der Waals surface area contributed by atoms with E-state index in [9.17, 15) is 29.8 Å². The molecule has 0 saturated heterocycles. The number of non-ortho nitro benzene ring substituents is 2. The summed E-state index contributed by atoms with van der Waals surface area (Å²) in [6.45, 7) is -0.568. The summed E-state index contributed by atoms with van der Waals surface area (Å²) < 4.78 is 10.5. The summed E-state index contributed by atoms with van der Waals surface area (Å²) in [6.07, 6.45) is 0. The smallest absolute Gasteiger partial charge is 0.338 e. The van der Waals surface area contributed by atoms with E-state index >= 15 is 0 Å². The average molecular weight is 422 g/mol. The fraction of sp³-hybridized carbons (Fsp3) is 0.0476. The summed E-state index contributed by atoms with van der Waals surface area (Å²) in [6, 6.07) is 16.5. The SMILES string of the molecule is O=C(COC(=O)c1ccc(Oc2ccc([N+](=O)[O-])cc2)cc1)c1cccc([N+](=O)[O-])c1. The van der Waals surface area contributed by atoms with Crippen LogP contribution in [0, 0.1) is 20.2 Å². The van der Waals surface area contributed by atoms with Crippen molar-refractivity contribution in [2.24, 2.45) is 0 Å². The highest BCUT2D eigenvalue weighted by molar-refractivity contribution is 5.99. The maximum Gasteiger partial charge on any atom is 0.338 e. The van der Waals surface area contributed by atoms with Crippen LogP contribution in [-0.2, 0) is 4.74 Å². The molecule has 10 heteroatoms. The van der Waals surface area contributed by atoms with Gasteiger partial charge >= 0.3 is 5.97 Å². The molecule has 10 nitrogen and oxygen atoms in total. The van der Waals surface area contributed by atoms with Crippen molar-refractivity contribution in [1.82, 2.24) is 0 Å². The van der Waals surface area contributed by atoms with Gasteiger partial charge in [0.25, 0.3) is 11.4 Å². The second kappa shape index (κ2) is 9.27. The van der Waals surface area contributed by atoms with Gasteiger partial charge in [0.1, 0.15) is 11.5 Å². The summed E-state index contributed by atoms with van der Waals surface area (Å²) in [5.41, 5.74) is -0.0670. The second-order valence-corrected chi connectivity index (χ2v) is 6.18. The fourth-order valence-corrected chi connectivity index (χ4v) is 2.52. The minimum absolute atomic E-state index is 0.0637. The van der Waals surface area contributed by atoms with Crippen LogP contribution in [0.1, 0.15) is 20.7 Å². The molecule has 31 heavy (non-hydrogen) atoms. The molecule has 0 unspecified atom stereocenters. The number of carbonyl (C=O) groups is 2. The van der Waals surface area contributed by atoms with Crippen molar-refractivity contribution in [3.05, 3.63) is 104 Å². The van der Waals surface area contributed by atoms with Gasteiger partial charge in [-0.1, -0.05) is 12.1 Å². The number of esters is 1. The Balaban J connectivity index is 1.57. The zero-order valence-electron chi connectivity index (χ0n) is 15.8. The molecule has 0 saturated carbocycles. The molecule has 3 aromatic rings. The van der Waals surface area contributed by atoms with Crippen LogP contribution in [0.2, 0.25) is 0 Å². The molecule has 0 N–H and O–H groups in total. The highest BCUT2D eigenvalue weighted by atomic mass is 16.6. The number of ketones is 1. The first kappa shape index (κ1) is 21.1. The molecule has 0 spiro atoms. The Kier molecular flexibility index (Phi) is 6.31. The number of hydrogen-bond acceptors (Lipinski definition) is 8. The van der Waals surface area contributed by atoms with Crippen molar-refractivity contribution >= 4 is 23.1 Å². The van der Waals surface area contributed by atoms with Crippen molar-refractivity contribution in [1.29, 1.82) is 0 Å². The van der Waals surface area contributed by atoms with Gasteiger partial charge in [-0.15, -0.1) is 0 Å². The number of Topliss-reactive ketones (excluding diaryl/α,β-unsaturated/α-hetero) is 1. The Morgan fingerprint density at radius 3 is 1.90 bits per heavy atom. The molecule has 0 radical (unpaired) electrons. The van der Waals surface area contributed by atoms with Crippen LogP contribution in [0.5, 0.6) is 11.5 Å².